The molecule has 0 radical (unpaired) electrons. The topological polar surface area (TPSA) is 217 Å². The molecule has 0 aromatic heterocycles. The van der Waals surface area contributed by atoms with Gasteiger partial charge in [-0.05, 0) is 18.4 Å². The third-order valence-corrected chi connectivity index (χ3v) is 6.45. The van der Waals surface area contributed by atoms with Gasteiger partial charge in [-0.3, -0.25) is 28.8 Å². The van der Waals surface area contributed by atoms with Crippen molar-refractivity contribution in [3.8, 4) is 0 Å². The number of benzene rings is 1. The summed E-state index contributed by atoms with van der Waals surface area (Å²) in [6.45, 7) is 3.95. The van der Waals surface area contributed by atoms with Gasteiger partial charge in [-0.2, -0.15) is 0 Å². The lowest BCUT2D eigenvalue weighted by atomic mass is 9.84. The summed E-state index contributed by atoms with van der Waals surface area (Å²) in [5.41, 5.74) is 6.25. The summed E-state index contributed by atoms with van der Waals surface area (Å²) < 4.78 is 0. The quantitative estimate of drug-likeness (QED) is 0.189. The molecule has 1 fully saturated rings. The van der Waals surface area contributed by atoms with Crippen LogP contribution in [0.1, 0.15) is 45.1 Å². The van der Waals surface area contributed by atoms with Crippen LogP contribution >= 0.6 is 0 Å². The van der Waals surface area contributed by atoms with Gasteiger partial charge in [0.05, 0.1) is 25.0 Å². The van der Waals surface area contributed by atoms with Crippen LogP contribution in [-0.2, 0) is 28.8 Å². The fraction of sp³-hybridized carbons (Fsp3) is 0.520. The number of carboxylic acids is 1. The first-order valence-corrected chi connectivity index (χ1v) is 12.3. The van der Waals surface area contributed by atoms with Crippen LogP contribution in [0.5, 0.6) is 0 Å². The SMILES string of the molecule is CC[C@H](C)[C@@H]1NC(=O)[C@H](C(C(=O)[C@H](C)N)c2ccccc2)NC(=O)[C@H](CO)NC(=O)[C@H](CC(=O)O)NC1=O. The smallest absolute Gasteiger partial charge is 0.305 e. The van der Waals surface area contributed by atoms with Gasteiger partial charge in [0.1, 0.15) is 24.2 Å². The van der Waals surface area contributed by atoms with E-state index >= 15 is 0 Å². The number of Topliss-reactive ketones (excluding diaryl/α,β-unsaturated/α-hetero) is 1. The Kier molecular flexibility index (Phi) is 10.9. The van der Waals surface area contributed by atoms with Gasteiger partial charge < -0.3 is 37.2 Å². The van der Waals surface area contributed by atoms with Gasteiger partial charge in [-0.1, -0.05) is 50.6 Å². The number of hydrogen-bond donors (Lipinski definition) is 7. The molecule has 1 aromatic rings. The number of aliphatic hydroxyl groups excluding tert-OH is 1. The molecule has 0 aliphatic carbocycles. The maximum atomic E-state index is 13.7. The second kappa shape index (κ2) is 13.6. The van der Waals surface area contributed by atoms with Crippen LogP contribution in [0.25, 0.3) is 0 Å². The van der Waals surface area contributed by atoms with Crippen LogP contribution in [0.2, 0.25) is 0 Å². The fourth-order valence-electron chi connectivity index (χ4n) is 4.08. The van der Waals surface area contributed by atoms with Crippen molar-refractivity contribution in [2.45, 2.75) is 69.7 Å². The van der Waals surface area contributed by atoms with Crippen molar-refractivity contribution in [2.75, 3.05) is 6.61 Å². The lowest BCUT2D eigenvalue weighted by molar-refractivity contribution is -0.142. The Hall–Kier alpha value is -3.84. The number of aliphatic carboxylic acids is 1. The van der Waals surface area contributed by atoms with Crippen molar-refractivity contribution in [1.82, 2.24) is 21.3 Å². The summed E-state index contributed by atoms with van der Waals surface area (Å²) in [5.74, 6) is -7.43. The van der Waals surface area contributed by atoms with E-state index in [1.165, 1.54) is 6.92 Å². The number of ketones is 1. The highest BCUT2D eigenvalue weighted by Gasteiger charge is 2.41. The molecule has 1 heterocycles. The zero-order chi connectivity index (χ0) is 28.6. The highest BCUT2D eigenvalue weighted by atomic mass is 16.4. The molecule has 2 rings (SSSR count). The van der Waals surface area contributed by atoms with Crippen LogP contribution < -0.4 is 27.0 Å². The number of amides is 4. The van der Waals surface area contributed by atoms with Gasteiger partial charge in [-0.25, -0.2) is 0 Å². The van der Waals surface area contributed by atoms with Crippen molar-refractivity contribution in [1.29, 1.82) is 0 Å². The van der Waals surface area contributed by atoms with E-state index < -0.39 is 90.5 Å². The van der Waals surface area contributed by atoms with E-state index in [0.29, 0.717) is 12.0 Å². The molecule has 38 heavy (non-hydrogen) atoms. The number of nitrogens with one attached hydrogen (secondary N) is 4. The summed E-state index contributed by atoms with van der Waals surface area (Å²) in [6.07, 6.45) is -0.390. The number of carboxylic acid groups (broad SMARTS) is 1. The van der Waals surface area contributed by atoms with E-state index in [-0.39, 0.29) is 0 Å². The first-order valence-electron chi connectivity index (χ1n) is 12.3. The Morgan fingerprint density at radius 2 is 1.39 bits per heavy atom. The Bertz CT molecular complexity index is 1050. The average Bonchev–Trinajstić information content (AvgIpc) is 2.88. The molecule has 1 aromatic carbocycles. The molecule has 1 unspecified atom stereocenters. The largest absolute Gasteiger partial charge is 0.481 e. The Balaban J connectivity index is 2.64. The number of aliphatic hydroxyl groups is 1. The van der Waals surface area contributed by atoms with Crippen molar-refractivity contribution < 1.29 is 39.0 Å². The molecule has 0 bridgehead atoms. The highest BCUT2D eigenvalue weighted by Crippen LogP contribution is 2.24. The lowest BCUT2D eigenvalue weighted by Gasteiger charge is -2.33. The van der Waals surface area contributed by atoms with Gasteiger partial charge in [-0.15, -0.1) is 0 Å². The Morgan fingerprint density at radius 3 is 1.92 bits per heavy atom. The van der Waals surface area contributed by atoms with E-state index in [4.69, 9.17) is 5.73 Å². The van der Waals surface area contributed by atoms with Crippen molar-refractivity contribution in [2.24, 2.45) is 11.7 Å². The zero-order valence-corrected chi connectivity index (χ0v) is 21.5. The zero-order valence-electron chi connectivity index (χ0n) is 21.5. The maximum absolute atomic E-state index is 13.7. The fourth-order valence-corrected chi connectivity index (χ4v) is 4.08. The summed E-state index contributed by atoms with van der Waals surface area (Å²) in [4.78, 5) is 77.4. The van der Waals surface area contributed by atoms with Gasteiger partial charge in [0, 0.05) is 0 Å². The second-order valence-corrected chi connectivity index (χ2v) is 9.34. The van der Waals surface area contributed by atoms with E-state index in [0.717, 1.165) is 0 Å². The molecule has 8 N–H and O–H groups in total. The molecule has 13 heteroatoms. The predicted molar refractivity (Wildman–Crippen MR) is 134 cm³/mol. The number of nitrogens with two attached hydrogens (primary N) is 1. The van der Waals surface area contributed by atoms with Crippen LogP contribution in [0.15, 0.2) is 30.3 Å². The van der Waals surface area contributed by atoms with Gasteiger partial charge >= 0.3 is 5.97 Å². The van der Waals surface area contributed by atoms with E-state index in [1.807, 2.05) is 0 Å². The number of hydrogen-bond acceptors (Lipinski definition) is 8. The minimum atomic E-state index is -1.61. The van der Waals surface area contributed by atoms with Crippen LogP contribution in [0, 0.1) is 5.92 Å². The molecule has 13 nitrogen and oxygen atoms in total. The molecule has 1 aliphatic rings. The number of carbonyl (C=O) groups is 6. The van der Waals surface area contributed by atoms with Crippen molar-refractivity contribution >= 4 is 35.4 Å². The van der Waals surface area contributed by atoms with E-state index in [1.54, 1.807) is 44.2 Å². The summed E-state index contributed by atoms with van der Waals surface area (Å²) in [7, 11) is 0. The molecule has 0 saturated carbocycles. The second-order valence-electron chi connectivity index (χ2n) is 9.34. The third-order valence-electron chi connectivity index (χ3n) is 6.45. The first-order chi connectivity index (χ1) is 17.9. The molecular formula is C25H35N5O8. The maximum Gasteiger partial charge on any atom is 0.305 e. The summed E-state index contributed by atoms with van der Waals surface area (Å²) >= 11 is 0. The van der Waals surface area contributed by atoms with Crippen molar-refractivity contribution in [3.63, 3.8) is 0 Å². The molecular weight excluding hydrogens is 498 g/mol. The molecule has 4 amide bonds. The van der Waals surface area contributed by atoms with Gasteiger partial charge in [0.15, 0.2) is 5.78 Å². The first kappa shape index (κ1) is 30.4. The van der Waals surface area contributed by atoms with Crippen LogP contribution in [0.3, 0.4) is 0 Å². The minimum Gasteiger partial charge on any atom is -0.481 e. The number of rotatable bonds is 9. The number of carbonyl (C=O) groups excluding carboxylic acids is 5. The average molecular weight is 534 g/mol. The monoisotopic (exact) mass is 533 g/mol. The minimum absolute atomic E-state index is 0.373. The normalized spacial score (nSPS) is 25.3. The van der Waals surface area contributed by atoms with Crippen molar-refractivity contribution in [3.05, 3.63) is 35.9 Å². The molecule has 7 atom stereocenters. The Morgan fingerprint density at radius 1 is 0.868 bits per heavy atom. The van der Waals surface area contributed by atoms with E-state index in [2.05, 4.69) is 21.3 Å². The van der Waals surface area contributed by atoms with Crippen LogP contribution in [-0.4, -0.2) is 82.4 Å². The molecule has 1 saturated heterocycles. The highest BCUT2D eigenvalue weighted by molar-refractivity contribution is 6.02. The lowest BCUT2D eigenvalue weighted by Crippen LogP contribution is -2.64. The molecule has 0 spiro atoms. The molecule has 1 aliphatic heterocycles. The molecule has 208 valence electrons. The van der Waals surface area contributed by atoms with Gasteiger partial charge in [0.25, 0.3) is 0 Å². The van der Waals surface area contributed by atoms with Gasteiger partial charge in [0.2, 0.25) is 23.6 Å². The van der Waals surface area contributed by atoms with E-state index in [9.17, 15) is 39.0 Å². The van der Waals surface area contributed by atoms with Crippen LogP contribution in [0.4, 0.5) is 0 Å². The summed E-state index contributed by atoms with van der Waals surface area (Å²) in [5, 5.41) is 28.6. The standard InChI is InChI=1S/C25H35N5O8/c1-4-12(2)19-24(37)27-15(10-17(32)33)22(35)28-16(11-31)23(36)30-20(25(38)29-19)18(21(34)13(3)26)14-8-6-5-7-9-14/h5-9,12-13,15-16,18-20,31H,4,10-11,26H2,1-3H3,(H,27,37)(H,28,35)(H,29,38)(H,30,36)(H,32,33)/t12-,13-,15-,16-,18?,19-,20-/m0/s1. The third kappa shape index (κ3) is 7.59. The predicted octanol–water partition coefficient (Wildman–Crippen LogP) is -1.85. The Labute approximate surface area is 219 Å². The summed E-state index contributed by atoms with van der Waals surface area (Å²) in [6, 6.07) is 1.13.